The first-order valence-electron chi connectivity index (χ1n) is 7.47. The molecule has 2 amide bonds. The molecule has 0 bridgehead atoms. The summed E-state index contributed by atoms with van der Waals surface area (Å²) in [6, 6.07) is 5.73. The molecule has 2 N–H and O–H groups in total. The quantitative estimate of drug-likeness (QED) is 0.855. The summed E-state index contributed by atoms with van der Waals surface area (Å²) >= 11 is 0. The summed E-state index contributed by atoms with van der Waals surface area (Å²) in [5.74, 6) is 0. The third-order valence-electron chi connectivity index (χ3n) is 3.71. The number of likely N-dealkylation sites (N-methyl/N-ethyl adjacent to an activating group) is 1. The van der Waals surface area contributed by atoms with Crippen LogP contribution in [0.25, 0.3) is 0 Å². The zero-order valence-corrected chi connectivity index (χ0v) is 13.4. The van der Waals surface area contributed by atoms with Crippen LogP contribution >= 0.6 is 0 Å². The number of urea groups is 1. The third kappa shape index (κ3) is 4.31. The standard InChI is InChI=1S/C16H23N5O/c1-12-15(13(2)20-19-12)8-11-21(3)16(22)18-10-7-14-6-4-5-9-17-14/h4-6,9H,7-8,10-11H2,1-3H3,(H,18,22)(H,19,20). The minimum atomic E-state index is -0.0604. The molecule has 6 heteroatoms. The highest BCUT2D eigenvalue weighted by Crippen LogP contribution is 2.10. The average molecular weight is 301 g/mol. The summed E-state index contributed by atoms with van der Waals surface area (Å²) in [7, 11) is 1.81. The number of amides is 2. The van der Waals surface area contributed by atoms with E-state index >= 15 is 0 Å². The topological polar surface area (TPSA) is 73.9 Å². The highest BCUT2D eigenvalue weighted by atomic mass is 16.2. The second-order valence-corrected chi connectivity index (χ2v) is 5.39. The van der Waals surface area contributed by atoms with Crippen molar-refractivity contribution in [3.8, 4) is 0 Å². The van der Waals surface area contributed by atoms with E-state index in [0.717, 1.165) is 29.9 Å². The van der Waals surface area contributed by atoms with Gasteiger partial charge < -0.3 is 10.2 Å². The smallest absolute Gasteiger partial charge is 0.317 e. The van der Waals surface area contributed by atoms with Crippen LogP contribution in [0.4, 0.5) is 4.79 Å². The van der Waals surface area contributed by atoms with Crippen LogP contribution in [0.5, 0.6) is 0 Å². The van der Waals surface area contributed by atoms with Crippen LogP contribution in [0.15, 0.2) is 24.4 Å². The van der Waals surface area contributed by atoms with Gasteiger partial charge in [0.1, 0.15) is 0 Å². The Morgan fingerprint density at radius 3 is 2.77 bits per heavy atom. The van der Waals surface area contributed by atoms with Gasteiger partial charge in [-0.15, -0.1) is 0 Å². The van der Waals surface area contributed by atoms with Crippen LogP contribution in [0.3, 0.4) is 0 Å². The SMILES string of the molecule is Cc1n[nH]c(C)c1CCN(C)C(=O)NCCc1ccccn1. The summed E-state index contributed by atoms with van der Waals surface area (Å²) in [5.41, 5.74) is 4.24. The zero-order valence-electron chi connectivity index (χ0n) is 13.4. The van der Waals surface area contributed by atoms with E-state index in [1.165, 1.54) is 5.56 Å². The molecule has 0 aromatic carbocycles. The molecule has 6 nitrogen and oxygen atoms in total. The molecule has 118 valence electrons. The van der Waals surface area contributed by atoms with Crippen molar-refractivity contribution < 1.29 is 4.79 Å². The molecule has 0 saturated heterocycles. The summed E-state index contributed by atoms with van der Waals surface area (Å²) < 4.78 is 0. The number of aryl methyl sites for hydroxylation is 2. The maximum absolute atomic E-state index is 12.0. The van der Waals surface area contributed by atoms with Gasteiger partial charge in [-0.25, -0.2) is 4.79 Å². The molecule has 22 heavy (non-hydrogen) atoms. The van der Waals surface area contributed by atoms with E-state index < -0.39 is 0 Å². The number of aromatic amines is 1. The Labute approximate surface area is 130 Å². The highest BCUT2D eigenvalue weighted by molar-refractivity contribution is 5.73. The lowest BCUT2D eigenvalue weighted by Crippen LogP contribution is -2.39. The lowest BCUT2D eigenvalue weighted by atomic mass is 10.1. The molecule has 2 rings (SSSR count). The molecule has 0 aliphatic rings. The number of aromatic nitrogens is 3. The maximum atomic E-state index is 12.0. The molecule has 0 spiro atoms. The molecule has 0 unspecified atom stereocenters. The molecule has 0 fully saturated rings. The average Bonchev–Trinajstić information content (AvgIpc) is 2.84. The van der Waals surface area contributed by atoms with E-state index in [0.29, 0.717) is 13.1 Å². The van der Waals surface area contributed by atoms with Crippen LogP contribution in [-0.2, 0) is 12.8 Å². The van der Waals surface area contributed by atoms with Crippen molar-refractivity contribution in [2.45, 2.75) is 26.7 Å². The predicted octanol–water partition coefficient (Wildman–Crippen LogP) is 1.85. The Balaban J connectivity index is 1.73. The van der Waals surface area contributed by atoms with E-state index in [1.807, 2.05) is 32.0 Å². The third-order valence-corrected chi connectivity index (χ3v) is 3.71. The summed E-state index contributed by atoms with van der Waals surface area (Å²) in [4.78, 5) is 18.0. The van der Waals surface area contributed by atoms with Gasteiger partial charge in [-0.2, -0.15) is 5.10 Å². The first kappa shape index (κ1) is 16.0. The van der Waals surface area contributed by atoms with Crippen molar-refractivity contribution in [3.63, 3.8) is 0 Å². The van der Waals surface area contributed by atoms with Crippen molar-refractivity contribution in [1.82, 2.24) is 25.4 Å². The van der Waals surface area contributed by atoms with Crippen LogP contribution in [0.1, 0.15) is 22.6 Å². The van der Waals surface area contributed by atoms with E-state index in [9.17, 15) is 4.79 Å². The number of hydrogen-bond acceptors (Lipinski definition) is 3. The number of hydrogen-bond donors (Lipinski definition) is 2. The monoisotopic (exact) mass is 301 g/mol. The van der Waals surface area contributed by atoms with Gasteiger partial charge in [0.15, 0.2) is 0 Å². The molecule has 0 saturated carbocycles. The Bertz CT molecular complexity index is 589. The van der Waals surface area contributed by atoms with Gasteiger partial charge in [0, 0.05) is 44.1 Å². The normalized spacial score (nSPS) is 10.5. The Hall–Kier alpha value is -2.37. The lowest BCUT2D eigenvalue weighted by molar-refractivity contribution is 0.209. The van der Waals surface area contributed by atoms with Gasteiger partial charge in [0.25, 0.3) is 0 Å². The van der Waals surface area contributed by atoms with Crippen LogP contribution in [0, 0.1) is 13.8 Å². The van der Waals surface area contributed by atoms with Crippen LogP contribution in [0.2, 0.25) is 0 Å². The molecule has 2 aromatic heterocycles. The number of H-pyrrole nitrogens is 1. The Morgan fingerprint density at radius 1 is 1.32 bits per heavy atom. The van der Waals surface area contributed by atoms with Crippen LogP contribution < -0.4 is 5.32 Å². The van der Waals surface area contributed by atoms with Gasteiger partial charge in [0.05, 0.1) is 5.69 Å². The molecule has 0 radical (unpaired) electrons. The maximum Gasteiger partial charge on any atom is 0.317 e. The molecular weight excluding hydrogens is 278 g/mol. The fraction of sp³-hybridized carbons (Fsp3) is 0.438. The van der Waals surface area contributed by atoms with E-state index in [-0.39, 0.29) is 6.03 Å². The molecule has 0 aliphatic carbocycles. The molecule has 2 heterocycles. The zero-order chi connectivity index (χ0) is 15.9. The number of carbonyl (C=O) groups is 1. The fourth-order valence-electron chi connectivity index (χ4n) is 2.30. The van der Waals surface area contributed by atoms with Gasteiger partial charge in [-0.1, -0.05) is 6.07 Å². The van der Waals surface area contributed by atoms with E-state index in [1.54, 1.807) is 18.1 Å². The largest absolute Gasteiger partial charge is 0.338 e. The van der Waals surface area contributed by atoms with Crippen molar-refractivity contribution in [3.05, 3.63) is 47.0 Å². The number of nitrogens with one attached hydrogen (secondary N) is 2. The lowest BCUT2D eigenvalue weighted by Gasteiger charge is -2.18. The molecule has 0 aliphatic heterocycles. The fourth-order valence-corrected chi connectivity index (χ4v) is 2.30. The van der Waals surface area contributed by atoms with Crippen LogP contribution in [-0.4, -0.2) is 46.2 Å². The summed E-state index contributed by atoms with van der Waals surface area (Å²) in [5, 5.41) is 10.1. The van der Waals surface area contributed by atoms with Gasteiger partial charge in [-0.05, 0) is 38.0 Å². The van der Waals surface area contributed by atoms with E-state index in [4.69, 9.17) is 0 Å². The molecule has 2 aromatic rings. The van der Waals surface area contributed by atoms with Gasteiger partial charge >= 0.3 is 6.03 Å². The van der Waals surface area contributed by atoms with Gasteiger partial charge in [-0.3, -0.25) is 10.1 Å². The summed E-state index contributed by atoms with van der Waals surface area (Å²) in [6.45, 7) is 5.23. The van der Waals surface area contributed by atoms with Crippen molar-refractivity contribution in [1.29, 1.82) is 0 Å². The Morgan fingerprint density at radius 2 is 2.14 bits per heavy atom. The number of nitrogens with zero attached hydrogens (tertiary/aromatic N) is 3. The number of pyridine rings is 1. The minimum Gasteiger partial charge on any atom is -0.338 e. The minimum absolute atomic E-state index is 0.0604. The second-order valence-electron chi connectivity index (χ2n) is 5.39. The first-order chi connectivity index (χ1) is 10.6. The predicted molar refractivity (Wildman–Crippen MR) is 85.7 cm³/mol. The summed E-state index contributed by atoms with van der Waals surface area (Å²) in [6.07, 6.45) is 3.30. The van der Waals surface area contributed by atoms with Crippen molar-refractivity contribution >= 4 is 6.03 Å². The molecule has 0 atom stereocenters. The van der Waals surface area contributed by atoms with Gasteiger partial charge in [0.2, 0.25) is 0 Å². The molecular formula is C16H23N5O. The van der Waals surface area contributed by atoms with E-state index in [2.05, 4.69) is 20.5 Å². The first-order valence-corrected chi connectivity index (χ1v) is 7.47. The second kappa shape index (κ2) is 7.59. The number of carbonyl (C=O) groups excluding carboxylic acids is 1. The highest BCUT2D eigenvalue weighted by Gasteiger charge is 2.11. The van der Waals surface area contributed by atoms with Crippen molar-refractivity contribution in [2.75, 3.05) is 20.1 Å². The number of rotatable bonds is 6. The van der Waals surface area contributed by atoms with Crippen molar-refractivity contribution in [2.24, 2.45) is 0 Å². The Kier molecular flexibility index (Phi) is 5.52.